The third-order valence-corrected chi connectivity index (χ3v) is 2.03. The second-order valence-corrected chi connectivity index (χ2v) is 3.46. The zero-order chi connectivity index (χ0) is 12.0. The number of hydrogen-bond acceptors (Lipinski definition) is 3. The van der Waals surface area contributed by atoms with Gasteiger partial charge in [0, 0.05) is 5.56 Å². The molecule has 0 atom stereocenters. The van der Waals surface area contributed by atoms with Crippen molar-refractivity contribution < 1.29 is 14.3 Å². The van der Waals surface area contributed by atoms with Crippen molar-refractivity contribution in [1.29, 1.82) is 0 Å². The van der Waals surface area contributed by atoms with E-state index in [9.17, 15) is 9.59 Å². The standard InChI is InChI=1S/C12H15NO3/c1-2-6-16-11(14)8-9-4-3-5-10(7-9)12(13)15/h3-5,7H,2,6,8H2,1H3,(H2,13,15). The van der Waals surface area contributed by atoms with Crippen LogP contribution in [0, 0.1) is 0 Å². The fourth-order valence-electron chi connectivity index (χ4n) is 1.27. The van der Waals surface area contributed by atoms with E-state index in [0.717, 1.165) is 12.0 Å². The van der Waals surface area contributed by atoms with E-state index >= 15 is 0 Å². The van der Waals surface area contributed by atoms with Gasteiger partial charge in [0.15, 0.2) is 0 Å². The highest BCUT2D eigenvalue weighted by Crippen LogP contribution is 2.06. The maximum atomic E-state index is 11.3. The first kappa shape index (κ1) is 12.2. The number of primary amides is 1. The minimum Gasteiger partial charge on any atom is -0.465 e. The largest absolute Gasteiger partial charge is 0.465 e. The lowest BCUT2D eigenvalue weighted by Crippen LogP contribution is -2.12. The number of nitrogens with two attached hydrogens (primary N) is 1. The summed E-state index contributed by atoms with van der Waals surface area (Å²) in [5.41, 5.74) is 6.28. The molecule has 86 valence electrons. The van der Waals surface area contributed by atoms with Crippen molar-refractivity contribution in [2.24, 2.45) is 5.73 Å². The Hall–Kier alpha value is -1.84. The van der Waals surface area contributed by atoms with Crippen molar-refractivity contribution in [3.63, 3.8) is 0 Å². The lowest BCUT2D eigenvalue weighted by Gasteiger charge is -2.04. The number of amides is 1. The molecule has 0 aromatic heterocycles. The lowest BCUT2D eigenvalue weighted by atomic mass is 10.1. The van der Waals surface area contributed by atoms with E-state index in [1.165, 1.54) is 0 Å². The van der Waals surface area contributed by atoms with E-state index in [-0.39, 0.29) is 12.4 Å². The minimum atomic E-state index is -0.497. The van der Waals surface area contributed by atoms with Crippen LogP contribution < -0.4 is 5.73 Å². The predicted octanol–water partition coefficient (Wildman–Crippen LogP) is 1.28. The second kappa shape index (κ2) is 5.90. The van der Waals surface area contributed by atoms with Crippen LogP contribution >= 0.6 is 0 Å². The van der Waals surface area contributed by atoms with Crippen molar-refractivity contribution in [2.75, 3.05) is 6.61 Å². The van der Waals surface area contributed by atoms with Crippen LogP contribution in [0.25, 0.3) is 0 Å². The average molecular weight is 221 g/mol. The molecule has 0 aliphatic heterocycles. The maximum Gasteiger partial charge on any atom is 0.310 e. The van der Waals surface area contributed by atoms with Gasteiger partial charge < -0.3 is 10.5 Å². The molecule has 0 fully saturated rings. The van der Waals surface area contributed by atoms with E-state index in [1.807, 2.05) is 6.92 Å². The summed E-state index contributed by atoms with van der Waals surface area (Å²) >= 11 is 0. The summed E-state index contributed by atoms with van der Waals surface area (Å²) in [7, 11) is 0. The molecule has 0 saturated heterocycles. The van der Waals surface area contributed by atoms with Crippen LogP contribution in [-0.4, -0.2) is 18.5 Å². The number of carbonyl (C=O) groups is 2. The number of hydrogen-bond donors (Lipinski definition) is 1. The minimum absolute atomic E-state index is 0.168. The molecule has 0 unspecified atom stereocenters. The second-order valence-electron chi connectivity index (χ2n) is 3.46. The summed E-state index contributed by atoms with van der Waals surface area (Å²) in [5.74, 6) is -0.785. The first-order valence-corrected chi connectivity index (χ1v) is 5.18. The monoisotopic (exact) mass is 221 g/mol. The molecule has 0 aliphatic carbocycles. The van der Waals surface area contributed by atoms with Crippen molar-refractivity contribution >= 4 is 11.9 Å². The molecule has 0 saturated carbocycles. The molecule has 16 heavy (non-hydrogen) atoms. The molecule has 2 N–H and O–H groups in total. The van der Waals surface area contributed by atoms with Crippen LogP contribution in [0.5, 0.6) is 0 Å². The smallest absolute Gasteiger partial charge is 0.310 e. The zero-order valence-electron chi connectivity index (χ0n) is 9.23. The van der Waals surface area contributed by atoms with Gasteiger partial charge in [-0.1, -0.05) is 19.1 Å². The van der Waals surface area contributed by atoms with Gasteiger partial charge in [0.2, 0.25) is 5.91 Å². The van der Waals surface area contributed by atoms with Gasteiger partial charge in [0.25, 0.3) is 0 Å². The van der Waals surface area contributed by atoms with Crippen LogP contribution in [0.1, 0.15) is 29.3 Å². The third kappa shape index (κ3) is 3.73. The SMILES string of the molecule is CCCOC(=O)Cc1cccc(C(N)=O)c1. The Morgan fingerprint density at radius 3 is 2.75 bits per heavy atom. The molecular formula is C12H15NO3. The molecule has 0 spiro atoms. The van der Waals surface area contributed by atoms with E-state index in [1.54, 1.807) is 24.3 Å². The summed E-state index contributed by atoms with van der Waals surface area (Å²) < 4.78 is 4.94. The van der Waals surface area contributed by atoms with E-state index in [4.69, 9.17) is 10.5 Å². The summed E-state index contributed by atoms with van der Waals surface area (Å²) in [5, 5.41) is 0. The number of carbonyl (C=O) groups excluding carboxylic acids is 2. The Bertz CT molecular complexity index is 388. The highest BCUT2D eigenvalue weighted by molar-refractivity contribution is 5.93. The van der Waals surface area contributed by atoms with Crippen molar-refractivity contribution in [3.8, 4) is 0 Å². The summed E-state index contributed by atoms with van der Waals surface area (Å²) in [6.45, 7) is 2.36. The van der Waals surface area contributed by atoms with Crippen molar-refractivity contribution in [1.82, 2.24) is 0 Å². The first-order valence-electron chi connectivity index (χ1n) is 5.18. The van der Waals surface area contributed by atoms with Gasteiger partial charge in [-0.05, 0) is 24.1 Å². The van der Waals surface area contributed by atoms with Crippen LogP contribution in [0.15, 0.2) is 24.3 Å². The molecule has 1 aromatic rings. The van der Waals surface area contributed by atoms with Crippen LogP contribution in [0.4, 0.5) is 0 Å². The molecule has 4 heteroatoms. The Morgan fingerprint density at radius 2 is 2.12 bits per heavy atom. The number of benzene rings is 1. The van der Waals surface area contributed by atoms with Gasteiger partial charge in [-0.3, -0.25) is 9.59 Å². The molecule has 1 rings (SSSR count). The Balaban J connectivity index is 2.63. The fraction of sp³-hybridized carbons (Fsp3) is 0.333. The maximum absolute atomic E-state index is 11.3. The van der Waals surface area contributed by atoms with Gasteiger partial charge in [-0.25, -0.2) is 0 Å². The molecule has 0 aliphatic rings. The highest BCUT2D eigenvalue weighted by atomic mass is 16.5. The van der Waals surface area contributed by atoms with Crippen LogP contribution in [-0.2, 0) is 16.0 Å². The topological polar surface area (TPSA) is 69.4 Å². The van der Waals surface area contributed by atoms with Crippen LogP contribution in [0.3, 0.4) is 0 Å². The molecule has 4 nitrogen and oxygen atoms in total. The van der Waals surface area contributed by atoms with Crippen molar-refractivity contribution in [3.05, 3.63) is 35.4 Å². The summed E-state index contributed by atoms with van der Waals surface area (Å²) in [4.78, 5) is 22.2. The summed E-state index contributed by atoms with van der Waals surface area (Å²) in [6.07, 6.45) is 0.966. The number of ether oxygens (including phenoxy) is 1. The predicted molar refractivity (Wildman–Crippen MR) is 59.9 cm³/mol. The molecule has 0 radical (unpaired) electrons. The Morgan fingerprint density at radius 1 is 1.38 bits per heavy atom. The lowest BCUT2D eigenvalue weighted by molar-refractivity contribution is -0.142. The molecule has 1 amide bonds. The normalized spacial score (nSPS) is 9.81. The first-order chi connectivity index (χ1) is 7.63. The van der Waals surface area contributed by atoms with E-state index in [0.29, 0.717) is 12.2 Å². The van der Waals surface area contributed by atoms with Gasteiger partial charge in [-0.2, -0.15) is 0 Å². The van der Waals surface area contributed by atoms with E-state index in [2.05, 4.69) is 0 Å². The van der Waals surface area contributed by atoms with Gasteiger partial charge in [-0.15, -0.1) is 0 Å². The fourth-order valence-corrected chi connectivity index (χ4v) is 1.27. The van der Waals surface area contributed by atoms with Gasteiger partial charge in [0.1, 0.15) is 0 Å². The molecule has 0 heterocycles. The summed E-state index contributed by atoms with van der Waals surface area (Å²) in [6, 6.07) is 6.68. The van der Waals surface area contributed by atoms with Crippen molar-refractivity contribution in [2.45, 2.75) is 19.8 Å². The highest BCUT2D eigenvalue weighted by Gasteiger charge is 2.06. The van der Waals surface area contributed by atoms with E-state index < -0.39 is 5.91 Å². The van der Waals surface area contributed by atoms with Gasteiger partial charge in [0.05, 0.1) is 13.0 Å². The Labute approximate surface area is 94.4 Å². The van der Waals surface area contributed by atoms with Crippen LogP contribution in [0.2, 0.25) is 0 Å². The molecular weight excluding hydrogens is 206 g/mol. The molecule has 1 aromatic carbocycles. The quantitative estimate of drug-likeness (QED) is 0.761. The van der Waals surface area contributed by atoms with Gasteiger partial charge >= 0.3 is 5.97 Å². The zero-order valence-corrected chi connectivity index (χ0v) is 9.23. The number of esters is 1. The third-order valence-electron chi connectivity index (χ3n) is 2.03. The Kier molecular flexibility index (Phi) is 4.51. The average Bonchev–Trinajstić information content (AvgIpc) is 2.26. The number of rotatable bonds is 5. The molecule has 0 bridgehead atoms.